The van der Waals surface area contributed by atoms with Gasteiger partial charge in [-0.2, -0.15) is 0 Å². The van der Waals surface area contributed by atoms with E-state index < -0.39 is 0 Å². The molecule has 0 nitrogen and oxygen atoms in total. The van der Waals surface area contributed by atoms with Crippen LogP contribution in [-0.2, 0) is 0 Å². The number of hydrogen-bond acceptors (Lipinski definition) is 0. The highest BCUT2D eigenvalue weighted by molar-refractivity contribution is 5.52. The van der Waals surface area contributed by atoms with Crippen LogP contribution in [0.1, 0.15) is 32.1 Å². The fourth-order valence-corrected chi connectivity index (χ4v) is 1.65. The first kappa shape index (κ1) is 5.28. The molecular formula is C9H12. The molecule has 0 bridgehead atoms. The number of allylic oxidation sites excluding steroid dienone is 3. The van der Waals surface area contributed by atoms with Gasteiger partial charge in [0.2, 0.25) is 0 Å². The molecule has 0 amide bonds. The predicted molar refractivity (Wildman–Crippen MR) is 39.3 cm³/mol. The van der Waals surface area contributed by atoms with Crippen LogP contribution in [-0.4, -0.2) is 0 Å². The Hall–Kier alpha value is -0.520. The van der Waals surface area contributed by atoms with Crippen LogP contribution in [0.25, 0.3) is 0 Å². The maximum Gasteiger partial charge on any atom is -0.00266 e. The van der Waals surface area contributed by atoms with Crippen molar-refractivity contribution in [2.45, 2.75) is 32.1 Å². The summed E-state index contributed by atoms with van der Waals surface area (Å²) in [5.74, 6) is 0. The second-order valence-corrected chi connectivity index (χ2v) is 3.07. The standard InChI is InChI=1S/C9H12/c1-7-6-9(7)8-4-2-3-5-8/h1-6H2. The van der Waals surface area contributed by atoms with Crippen LogP contribution in [0.15, 0.2) is 23.3 Å². The molecule has 0 spiro atoms. The van der Waals surface area contributed by atoms with Gasteiger partial charge >= 0.3 is 0 Å². The van der Waals surface area contributed by atoms with Crippen molar-refractivity contribution >= 4 is 0 Å². The van der Waals surface area contributed by atoms with E-state index >= 15 is 0 Å². The van der Waals surface area contributed by atoms with Crippen LogP contribution in [0.2, 0.25) is 0 Å². The molecule has 0 heteroatoms. The Balaban J connectivity index is 2.20. The second kappa shape index (κ2) is 1.73. The molecule has 0 aromatic rings. The summed E-state index contributed by atoms with van der Waals surface area (Å²) >= 11 is 0. The molecule has 0 N–H and O–H groups in total. The summed E-state index contributed by atoms with van der Waals surface area (Å²) < 4.78 is 0. The van der Waals surface area contributed by atoms with E-state index in [1.165, 1.54) is 37.7 Å². The maximum absolute atomic E-state index is 3.93. The van der Waals surface area contributed by atoms with Crippen molar-refractivity contribution in [1.82, 2.24) is 0 Å². The van der Waals surface area contributed by atoms with Crippen LogP contribution >= 0.6 is 0 Å². The Bertz CT molecular complexity index is 176. The van der Waals surface area contributed by atoms with Gasteiger partial charge in [0.25, 0.3) is 0 Å². The van der Waals surface area contributed by atoms with Crippen molar-refractivity contribution in [2.24, 2.45) is 0 Å². The maximum atomic E-state index is 3.93. The lowest BCUT2D eigenvalue weighted by atomic mass is 10.2. The van der Waals surface area contributed by atoms with Crippen LogP contribution in [0.5, 0.6) is 0 Å². The van der Waals surface area contributed by atoms with Gasteiger partial charge in [0.15, 0.2) is 0 Å². The van der Waals surface area contributed by atoms with Gasteiger partial charge in [-0.05, 0) is 43.3 Å². The Morgan fingerprint density at radius 2 is 1.67 bits per heavy atom. The quantitative estimate of drug-likeness (QED) is 0.461. The van der Waals surface area contributed by atoms with Gasteiger partial charge in [-0.15, -0.1) is 0 Å². The van der Waals surface area contributed by atoms with E-state index in [0.717, 1.165) is 0 Å². The van der Waals surface area contributed by atoms with Gasteiger partial charge in [-0.1, -0.05) is 12.2 Å². The summed E-state index contributed by atoms with van der Waals surface area (Å²) in [6, 6.07) is 0. The average molecular weight is 120 g/mol. The van der Waals surface area contributed by atoms with Crippen LogP contribution in [0.3, 0.4) is 0 Å². The Morgan fingerprint density at radius 3 is 2.11 bits per heavy atom. The van der Waals surface area contributed by atoms with E-state index in [1.807, 2.05) is 0 Å². The Kier molecular flexibility index (Phi) is 1.01. The summed E-state index contributed by atoms with van der Waals surface area (Å²) in [7, 11) is 0. The molecule has 0 unspecified atom stereocenters. The average Bonchev–Trinajstić information content (AvgIpc) is 2.44. The van der Waals surface area contributed by atoms with Gasteiger partial charge in [0.1, 0.15) is 0 Å². The van der Waals surface area contributed by atoms with E-state index in [9.17, 15) is 0 Å². The molecule has 2 aliphatic rings. The zero-order valence-corrected chi connectivity index (χ0v) is 5.74. The van der Waals surface area contributed by atoms with Gasteiger partial charge < -0.3 is 0 Å². The predicted octanol–water partition coefficient (Wildman–Crippen LogP) is 2.82. The summed E-state index contributed by atoms with van der Waals surface area (Å²) in [5, 5.41) is 0. The largest absolute Gasteiger partial charge is 0.0952 e. The lowest BCUT2D eigenvalue weighted by Crippen LogP contribution is -1.67. The van der Waals surface area contributed by atoms with E-state index in [-0.39, 0.29) is 0 Å². The lowest BCUT2D eigenvalue weighted by molar-refractivity contribution is 0.886. The molecule has 48 valence electrons. The molecule has 2 saturated carbocycles. The zero-order chi connectivity index (χ0) is 6.27. The van der Waals surface area contributed by atoms with Crippen molar-refractivity contribution in [3.05, 3.63) is 23.3 Å². The topological polar surface area (TPSA) is 0 Å². The minimum atomic E-state index is 1.23. The zero-order valence-electron chi connectivity index (χ0n) is 5.74. The summed E-state index contributed by atoms with van der Waals surface area (Å²) in [4.78, 5) is 0. The van der Waals surface area contributed by atoms with Crippen LogP contribution in [0, 0.1) is 0 Å². The number of hydrogen-bond donors (Lipinski definition) is 0. The lowest BCUT2D eigenvalue weighted by Gasteiger charge is -1.87. The van der Waals surface area contributed by atoms with E-state index in [1.54, 1.807) is 11.1 Å². The molecule has 0 heterocycles. The molecule has 2 fully saturated rings. The van der Waals surface area contributed by atoms with Crippen LogP contribution < -0.4 is 0 Å². The summed E-state index contributed by atoms with van der Waals surface area (Å²) in [5.41, 5.74) is 4.75. The molecule has 0 aromatic carbocycles. The van der Waals surface area contributed by atoms with E-state index in [2.05, 4.69) is 6.58 Å². The number of rotatable bonds is 0. The normalized spacial score (nSPS) is 25.6. The molecule has 2 rings (SSSR count). The Morgan fingerprint density at radius 1 is 1.11 bits per heavy atom. The van der Waals surface area contributed by atoms with Crippen molar-refractivity contribution in [2.75, 3.05) is 0 Å². The molecule has 0 saturated heterocycles. The van der Waals surface area contributed by atoms with Gasteiger partial charge in [-0.3, -0.25) is 0 Å². The first-order chi connectivity index (χ1) is 4.38. The first-order valence-electron chi connectivity index (χ1n) is 3.77. The molecule has 9 heavy (non-hydrogen) atoms. The summed E-state index contributed by atoms with van der Waals surface area (Å²) in [6.45, 7) is 3.93. The monoisotopic (exact) mass is 120 g/mol. The molecule has 0 radical (unpaired) electrons. The third kappa shape index (κ3) is 0.827. The molecule has 2 aliphatic carbocycles. The van der Waals surface area contributed by atoms with Crippen molar-refractivity contribution < 1.29 is 0 Å². The van der Waals surface area contributed by atoms with Crippen molar-refractivity contribution in [3.63, 3.8) is 0 Å². The minimum absolute atomic E-state index is 1.23. The van der Waals surface area contributed by atoms with Gasteiger partial charge in [0, 0.05) is 0 Å². The molecular weight excluding hydrogens is 108 g/mol. The molecule has 0 atom stereocenters. The van der Waals surface area contributed by atoms with E-state index in [0.29, 0.717) is 0 Å². The minimum Gasteiger partial charge on any atom is -0.0952 e. The Labute approximate surface area is 56.3 Å². The molecule has 0 aromatic heterocycles. The smallest absolute Gasteiger partial charge is 0.00266 e. The SMILES string of the molecule is C=C1CC1=C1CCCC1. The fourth-order valence-electron chi connectivity index (χ4n) is 1.65. The highest BCUT2D eigenvalue weighted by Crippen LogP contribution is 2.43. The third-order valence-electron chi connectivity index (χ3n) is 2.33. The van der Waals surface area contributed by atoms with Crippen molar-refractivity contribution in [3.8, 4) is 0 Å². The second-order valence-electron chi connectivity index (χ2n) is 3.07. The van der Waals surface area contributed by atoms with Gasteiger partial charge in [-0.25, -0.2) is 0 Å². The first-order valence-corrected chi connectivity index (χ1v) is 3.77. The van der Waals surface area contributed by atoms with Crippen molar-refractivity contribution in [1.29, 1.82) is 0 Å². The molecule has 0 aliphatic heterocycles. The third-order valence-corrected chi connectivity index (χ3v) is 2.33. The van der Waals surface area contributed by atoms with Gasteiger partial charge in [0.05, 0.1) is 0 Å². The summed E-state index contributed by atoms with van der Waals surface area (Å²) in [6.07, 6.45) is 6.82. The fraction of sp³-hybridized carbons (Fsp3) is 0.556. The highest BCUT2D eigenvalue weighted by atomic mass is 14.3. The van der Waals surface area contributed by atoms with Crippen LogP contribution in [0.4, 0.5) is 0 Å². The van der Waals surface area contributed by atoms with E-state index in [4.69, 9.17) is 0 Å². The highest BCUT2D eigenvalue weighted by Gasteiger charge is 2.24.